The predicted molar refractivity (Wildman–Crippen MR) is 217 cm³/mol. The van der Waals surface area contributed by atoms with Gasteiger partial charge in [0.15, 0.2) is 0 Å². The lowest BCUT2D eigenvalue weighted by molar-refractivity contribution is -0.142. The van der Waals surface area contributed by atoms with E-state index in [0.717, 1.165) is 69.0 Å². The molecule has 0 fully saturated rings. The van der Waals surface area contributed by atoms with Crippen molar-refractivity contribution in [3.05, 3.63) is 76.1 Å². The van der Waals surface area contributed by atoms with E-state index in [1.165, 1.54) is 69.8 Å². The third-order valence-corrected chi connectivity index (χ3v) is 9.71. The zero-order valence-corrected chi connectivity index (χ0v) is 34.1. The summed E-state index contributed by atoms with van der Waals surface area (Å²) in [6, 6.07) is 11.8. The molecule has 3 aromatic carbocycles. The van der Waals surface area contributed by atoms with E-state index in [4.69, 9.17) is 18.9 Å². The van der Waals surface area contributed by atoms with Crippen LogP contribution >= 0.6 is 0 Å². The van der Waals surface area contributed by atoms with Crippen LogP contribution in [0.2, 0.25) is 0 Å². The molecule has 0 N–H and O–H groups in total. The lowest BCUT2D eigenvalue weighted by Gasteiger charge is -2.29. The fourth-order valence-corrected chi connectivity index (χ4v) is 6.42. The Bertz CT molecular complexity index is 1500. The van der Waals surface area contributed by atoms with Gasteiger partial charge in [-0.25, -0.2) is 0 Å². The van der Waals surface area contributed by atoms with Gasteiger partial charge in [-0.2, -0.15) is 0 Å². The summed E-state index contributed by atoms with van der Waals surface area (Å²) in [6.45, 7) is 21.2. The number of benzene rings is 3. The highest BCUT2D eigenvalue weighted by Crippen LogP contribution is 2.42. The van der Waals surface area contributed by atoms with Crippen LogP contribution in [-0.2, 0) is 22.4 Å². The van der Waals surface area contributed by atoms with Crippen LogP contribution < -0.4 is 14.2 Å². The Morgan fingerprint density at radius 1 is 0.882 bits per heavy atom. The van der Waals surface area contributed by atoms with E-state index in [0.29, 0.717) is 5.76 Å². The summed E-state index contributed by atoms with van der Waals surface area (Å²) in [7, 11) is 1.65. The number of allylic oxidation sites excluding steroid dienone is 1. The number of esters is 1. The standard InChI is InChI=1S/C30H34O5.C14H30.C2H6/c1-7-25(35-29-19(3)20(4)30-27(21(29)5)13-8-18(2)34-30)17-33-28(31)15-22-9-10-24-16-26(32-6)12-11-23(24)14-22;1-4-5-6-7-8-9-10-11-12-13-14(2)3;1-2/h7,9-12,14,16,18H,8,13,15,17H2,1-6H3;14H,4-13H2,1-3H3;1-2H3/b25-7+;;. The molecule has 4 rings (SSSR count). The average Bonchev–Trinajstić information content (AvgIpc) is 3.13. The van der Waals surface area contributed by atoms with E-state index >= 15 is 0 Å². The molecular formula is C46H70O5. The van der Waals surface area contributed by atoms with Crippen LogP contribution in [-0.4, -0.2) is 25.8 Å². The SMILES string of the molecule is C/C=C(\COC(=O)Cc1ccc2cc(OC)ccc2c1)Oc1c(C)c(C)c2c(c1C)CCC(C)O2.CC.CCCCCCCCCCCC(C)C. The smallest absolute Gasteiger partial charge is 0.310 e. The molecule has 5 heteroatoms. The van der Waals surface area contributed by atoms with Gasteiger partial charge in [-0.05, 0) is 105 Å². The molecule has 0 bridgehead atoms. The van der Waals surface area contributed by atoms with Crippen LogP contribution in [0.25, 0.3) is 10.8 Å². The van der Waals surface area contributed by atoms with Crippen LogP contribution in [0.15, 0.2) is 48.2 Å². The fraction of sp³-hybridized carbons (Fsp3) is 0.587. The maximum Gasteiger partial charge on any atom is 0.310 e. The predicted octanol–water partition coefficient (Wildman–Crippen LogP) is 13.1. The number of fused-ring (bicyclic) bond motifs is 2. The third kappa shape index (κ3) is 14.6. The van der Waals surface area contributed by atoms with Gasteiger partial charge < -0.3 is 18.9 Å². The van der Waals surface area contributed by atoms with Crippen molar-refractivity contribution >= 4 is 16.7 Å². The van der Waals surface area contributed by atoms with Crippen molar-refractivity contribution in [2.24, 2.45) is 5.92 Å². The van der Waals surface area contributed by atoms with E-state index in [1.807, 2.05) is 63.2 Å². The molecule has 3 aromatic rings. The Labute approximate surface area is 311 Å². The van der Waals surface area contributed by atoms with Gasteiger partial charge in [-0.1, -0.05) is 123 Å². The molecule has 5 nitrogen and oxygen atoms in total. The van der Waals surface area contributed by atoms with Gasteiger partial charge in [0.1, 0.15) is 29.6 Å². The molecule has 0 aromatic heterocycles. The Morgan fingerprint density at radius 3 is 2.14 bits per heavy atom. The van der Waals surface area contributed by atoms with Crippen LogP contribution in [0.4, 0.5) is 0 Å². The molecule has 1 atom stereocenters. The van der Waals surface area contributed by atoms with Gasteiger partial charge in [0.25, 0.3) is 0 Å². The number of rotatable bonds is 17. The van der Waals surface area contributed by atoms with Gasteiger partial charge in [-0.15, -0.1) is 0 Å². The van der Waals surface area contributed by atoms with E-state index < -0.39 is 0 Å². The molecule has 1 aliphatic rings. The summed E-state index contributed by atoms with van der Waals surface area (Å²) >= 11 is 0. The van der Waals surface area contributed by atoms with Crippen LogP contribution in [0.5, 0.6) is 17.2 Å². The molecule has 1 unspecified atom stereocenters. The molecule has 0 spiro atoms. The van der Waals surface area contributed by atoms with Gasteiger partial charge in [-0.3, -0.25) is 4.79 Å². The number of unbranched alkanes of at least 4 members (excludes halogenated alkanes) is 8. The minimum Gasteiger partial charge on any atom is -0.497 e. The highest BCUT2D eigenvalue weighted by Gasteiger charge is 2.25. The third-order valence-electron chi connectivity index (χ3n) is 9.71. The maximum absolute atomic E-state index is 12.6. The molecule has 0 amide bonds. The van der Waals surface area contributed by atoms with Gasteiger partial charge in [0, 0.05) is 5.56 Å². The first-order valence-corrected chi connectivity index (χ1v) is 19.9. The second-order valence-electron chi connectivity index (χ2n) is 14.2. The first-order valence-electron chi connectivity index (χ1n) is 19.9. The van der Waals surface area contributed by atoms with Crippen molar-refractivity contribution in [3.63, 3.8) is 0 Å². The lowest BCUT2D eigenvalue weighted by Crippen LogP contribution is -2.21. The Balaban J connectivity index is 0.000000476. The summed E-state index contributed by atoms with van der Waals surface area (Å²) < 4.78 is 23.3. The fourth-order valence-electron chi connectivity index (χ4n) is 6.42. The molecule has 0 saturated carbocycles. The molecule has 284 valence electrons. The molecule has 51 heavy (non-hydrogen) atoms. The van der Waals surface area contributed by atoms with Crippen LogP contribution in [0, 0.1) is 26.7 Å². The molecule has 0 saturated heterocycles. The maximum atomic E-state index is 12.6. The quantitative estimate of drug-likeness (QED) is 0.0796. The largest absolute Gasteiger partial charge is 0.497 e. The minimum absolute atomic E-state index is 0.0860. The number of methoxy groups -OCH3 is 1. The van der Waals surface area contributed by atoms with Crippen molar-refractivity contribution in [1.82, 2.24) is 0 Å². The summed E-state index contributed by atoms with van der Waals surface area (Å²) in [6.07, 6.45) is 18.7. The molecule has 0 aliphatic carbocycles. The van der Waals surface area contributed by atoms with Crippen LogP contribution in [0.1, 0.15) is 147 Å². The van der Waals surface area contributed by atoms with E-state index in [2.05, 4.69) is 48.5 Å². The van der Waals surface area contributed by atoms with Crippen molar-refractivity contribution in [3.8, 4) is 17.2 Å². The number of hydrogen-bond donors (Lipinski definition) is 0. The lowest BCUT2D eigenvalue weighted by atomic mass is 9.92. The highest BCUT2D eigenvalue weighted by molar-refractivity contribution is 5.85. The zero-order valence-electron chi connectivity index (χ0n) is 34.1. The topological polar surface area (TPSA) is 54.0 Å². The van der Waals surface area contributed by atoms with Crippen molar-refractivity contribution < 1.29 is 23.7 Å². The molecular weight excluding hydrogens is 633 g/mol. The highest BCUT2D eigenvalue weighted by atomic mass is 16.6. The first-order chi connectivity index (χ1) is 24.6. The van der Waals surface area contributed by atoms with Gasteiger partial charge in [0.2, 0.25) is 0 Å². The zero-order chi connectivity index (χ0) is 37.8. The second-order valence-corrected chi connectivity index (χ2v) is 14.2. The average molecular weight is 703 g/mol. The van der Waals surface area contributed by atoms with Gasteiger partial charge >= 0.3 is 5.97 Å². The number of carbonyl (C=O) groups is 1. The normalized spacial score (nSPS) is 13.7. The van der Waals surface area contributed by atoms with Crippen molar-refractivity contribution in [2.75, 3.05) is 13.7 Å². The number of ether oxygens (including phenoxy) is 4. The van der Waals surface area contributed by atoms with E-state index in [9.17, 15) is 4.79 Å². The monoisotopic (exact) mass is 703 g/mol. The Kier molecular flexibility index (Phi) is 20.5. The number of hydrogen-bond acceptors (Lipinski definition) is 5. The van der Waals surface area contributed by atoms with Crippen molar-refractivity contribution in [1.29, 1.82) is 0 Å². The summed E-state index contributed by atoms with van der Waals surface area (Å²) in [5.74, 6) is 3.85. The number of carbonyl (C=O) groups excluding carboxylic acids is 1. The first kappa shape index (κ1) is 43.7. The summed E-state index contributed by atoms with van der Waals surface area (Å²) in [4.78, 5) is 12.6. The summed E-state index contributed by atoms with van der Waals surface area (Å²) in [5.41, 5.74) is 5.36. The van der Waals surface area contributed by atoms with E-state index in [1.54, 1.807) is 7.11 Å². The Hall–Kier alpha value is -3.47. The molecule has 0 radical (unpaired) electrons. The summed E-state index contributed by atoms with van der Waals surface area (Å²) in [5, 5.41) is 2.12. The minimum atomic E-state index is -0.293. The van der Waals surface area contributed by atoms with Crippen LogP contribution in [0.3, 0.4) is 0 Å². The molecule has 1 heterocycles. The Morgan fingerprint density at radius 2 is 1.51 bits per heavy atom. The molecule has 1 aliphatic heterocycles. The van der Waals surface area contributed by atoms with Gasteiger partial charge in [0.05, 0.1) is 19.6 Å². The van der Waals surface area contributed by atoms with Crippen molar-refractivity contribution in [2.45, 2.75) is 159 Å². The van der Waals surface area contributed by atoms with E-state index in [-0.39, 0.29) is 25.1 Å². The second kappa shape index (κ2) is 23.9.